The van der Waals surface area contributed by atoms with Gasteiger partial charge in [-0.05, 0) is 43.0 Å². The summed E-state index contributed by atoms with van der Waals surface area (Å²) in [4.78, 5) is 36.3. The van der Waals surface area contributed by atoms with Crippen LogP contribution in [0.15, 0.2) is 42.6 Å². The highest BCUT2D eigenvalue weighted by Crippen LogP contribution is 2.24. The summed E-state index contributed by atoms with van der Waals surface area (Å²) in [6.45, 7) is 6.89. The molecule has 2 saturated heterocycles. The molecule has 0 unspecified atom stereocenters. The number of para-hydroxylation sites is 1. The zero-order valence-electron chi connectivity index (χ0n) is 19.2. The van der Waals surface area contributed by atoms with Gasteiger partial charge in [-0.25, -0.2) is 4.98 Å². The van der Waals surface area contributed by atoms with Crippen LogP contribution in [0.1, 0.15) is 25.3 Å². The number of aromatic nitrogens is 1. The Balaban J connectivity index is 1.21. The summed E-state index contributed by atoms with van der Waals surface area (Å²) >= 11 is 5.93. The molecule has 1 aromatic heterocycles. The number of amides is 2. The van der Waals surface area contributed by atoms with Crippen molar-refractivity contribution in [2.75, 3.05) is 56.0 Å². The maximum absolute atomic E-state index is 13.1. The van der Waals surface area contributed by atoms with Crippen molar-refractivity contribution < 1.29 is 9.59 Å². The average Bonchev–Trinajstić information content (AvgIpc) is 2.85. The van der Waals surface area contributed by atoms with Crippen molar-refractivity contribution in [3.05, 3.63) is 53.2 Å². The molecule has 0 bridgehead atoms. The molecule has 0 aliphatic carbocycles. The summed E-state index contributed by atoms with van der Waals surface area (Å²) in [6.07, 6.45) is 4.22. The van der Waals surface area contributed by atoms with Crippen molar-refractivity contribution >= 4 is 34.9 Å². The molecule has 0 radical (unpaired) electrons. The third-order valence-electron chi connectivity index (χ3n) is 6.60. The van der Waals surface area contributed by atoms with Crippen molar-refractivity contribution in [3.63, 3.8) is 0 Å². The molecule has 2 amide bonds. The van der Waals surface area contributed by atoms with Gasteiger partial charge in [0, 0.05) is 57.1 Å². The summed E-state index contributed by atoms with van der Waals surface area (Å²) in [6, 6.07) is 11.7. The van der Waals surface area contributed by atoms with E-state index >= 15 is 0 Å². The Hall–Kier alpha value is -2.64. The molecular formula is C25H32ClN5O2. The number of nitrogens with one attached hydrogen (secondary N) is 1. The largest absolute Gasteiger partial charge is 0.357 e. The summed E-state index contributed by atoms with van der Waals surface area (Å²) in [7, 11) is 0. The minimum absolute atomic E-state index is 0.00106. The Kier molecular flexibility index (Phi) is 7.83. The molecular weight excluding hydrogens is 438 g/mol. The van der Waals surface area contributed by atoms with Crippen molar-refractivity contribution in [2.24, 2.45) is 5.92 Å². The molecule has 1 N–H and O–H groups in total. The van der Waals surface area contributed by atoms with E-state index in [1.807, 2.05) is 41.3 Å². The molecule has 3 heterocycles. The van der Waals surface area contributed by atoms with Crippen LogP contribution in [0.25, 0.3) is 0 Å². The summed E-state index contributed by atoms with van der Waals surface area (Å²) < 4.78 is 0. The number of halogens is 1. The monoisotopic (exact) mass is 469 g/mol. The molecule has 7 nitrogen and oxygen atoms in total. The number of hydrogen-bond acceptors (Lipinski definition) is 5. The zero-order valence-corrected chi connectivity index (χ0v) is 19.9. The number of anilines is 2. The molecule has 2 aromatic rings. The van der Waals surface area contributed by atoms with E-state index in [1.54, 1.807) is 6.20 Å². The highest BCUT2D eigenvalue weighted by Gasteiger charge is 2.31. The smallest absolute Gasteiger partial charge is 0.238 e. The molecule has 4 rings (SSSR count). The number of pyridine rings is 1. The number of carbonyl (C=O) groups excluding carboxylic acids is 2. The topological polar surface area (TPSA) is 68.8 Å². The number of aryl methyl sites for hydroxylation is 1. The molecule has 2 aliphatic heterocycles. The van der Waals surface area contributed by atoms with Crippen molar-refractivity contribution in [1.29, 1.82) is 0 Å². The number of hydrogen-bond donors (Lipinski definition) is 1. The Morgan fingerprint density at radius 2 is 1.76 bits per heavy atom. The second kappa shape index (κ2) is 11.0. The molecule has 2 fully saturated rings. The molecule has 1 aromatic carbocycles. The van der Waals surface area contributed by atoms with E-state index < -0.39 is 0 Å². The second-order valence-electron chi connectivity index (χ2n) is 8.76. The van der Waals surface area contributed by atoms with E-state index in [2.05, 4.69) is 27.0 Å². The van der Waals surface area contributed by atoms with Crippen LogP contribution in [0, 0.1) is 5.92 Å². The van der Waals surface area contributed by atoms with E-state index in [9.17, 15) is 9.59 Å². The van der Waals surface area contributed by atoms with Gasteiger partial charge >= 0.3 is 0 Å². The molecule has 0 saturated carbocycles. The first-order valence-electron chi connectivity index (χ1n) is 11.8. The van der Waals surface area contributed by atoms with Gasteiger partial charge in [0.15, 0.2) is 0 Å². The van der Waals surface area contributed by atoms with Gasteiger partial charge in [0.05, 0.1) is 11.6 Å². The van der Waals surface area contributed by atoms with Crippen molar-refractivity contribution in [3.8, 4) is 0 Å². The number of piperazine rings is 1. The lowest BCUT2D eigenvalue weighted by Crippen LogP contribution is -2.52. The predicted molar refractivity (Wildman–Crippen MR) is 132 cm³/mol. The van der Waals surface area contributed by atoms with Gasteiger partial charge in [-0.3, -0.25) is 14.5 Å². The average molecular weight is 470 g/mol. The fourth-order valence-electron chi connectivity index (χ4n) is 4.64. The van der Waals surface area contributed by atoms with Crippen LogP contribution in [0.3, 0.4) is 0 Å². The van der Waals surface area contributed by atoms with Crippen LogP contribution in [-0.4, -0.2) is 72.4 Å². The molecule has 0 atom stereocenters. The van der Waals surface area contributed by atoms with Gasteiger partial charge in [-0.2, -0.15) is 0 Å². The number of piperidine rings is 1. The quantitative estimate of drug-likeness (QED) is 0.703. The number of benzene rings is 1. The summed E-state index contributed by atoms with van der Waals surface area (Å²) in [5, 5.41) is 3.67. The highest BCUT2D eigenvalue weighted by molar-refractivity contribution is 6.30. The van der Waals surface area contributed by atoms with Gasteiger partial charge in [-0.15, -0.1) is 0 Å². The van der Waals surface area contributed by atoms with E-state index in [0.29, 0.717) is 24.7 Å². The lowest BCUT2D eigenvalue weighted by Gasteiger charge is -2.38. The Bertz CT molecular complexity index is 952. The van der Waals surface area contributed by atoms with E-state index in [-0.39, 0.29) is 17.7 Å². The van der Waals surface area contributed by atoms with Crippen molar-refractivity contribution in [2.45, 2.75) is 26.2 Å². The van der Waals surface area contributed by atoms with Gasteiger partial charge in [0.25, 0.3) is 0 Å². The first kappa shape index (κ1) is 23.5. The Labute approximate surface area is 200 Å². The van der Waals surface area contributed by atoms with E-state index in [0.717, 1.165) is 62.5 Å². The standard InChI is InChI=1S/C25H32ClN5O2/c1-2-19-5-3-4-6-22(19)28-24(32)18-29-13-15-31(16-14-29)25(33)20-9-11-30(12-10-20)23-8-7-21(26)17-27-23/h3-8,17,20H,2,9-16,18H2,1H3,(H,28,32). The molecule has 2 aliphatic rings. The Morgan fingerprint density at radius 1 is 1.03 bits per heavy atom. The predicted octanol–water partition coefficient (Wildman–Crippen LogP) is 3.30. The minimum Gasteiger partial charge on any atom is -0.357 e. The minimum atomic E-state index is -0.00106. The van der Waals surface area contributed by atoms with Crippen LogP contribution in [0.4, 0.5) is 11.5 Å². The van der Waals surface area contributed by atoms with E-state index in [1.165, 1.54) is 0 Å². The SMILES string of the molecule is CCc1ccccc1NC(=O)CN1CCN(C(=O)C2CCN(c3ccc(Cl)cn3)CC2)CC1. The van der Waals surface area contributed by atoms with Gasteiger partial charge in [-0.1, -0.05) is 36.7 Å². The number of carbonyl (C=O) groups is 2. The molecule has 33 heavy (non-hydrogen) atoms. The highest BCUT2D eigenvalue weighted by atomic mass is 35.5. The van der Waals surface area contributed by atoms with Gasteiger partial charge in [0.2, 0.25) is 11.8 Å². The maximum atomic E-state index is 13.1. The Morgan fingerprint density at radius 3 is 2.42 bits per heavy atom. The van der Waals surface area contributed by atoms with Crippen LogP contribution >= 0.6 is 11.6 Å². The van der Waals surface area contributed by atoms with Crippen LogP contribution < -0.4 is 10.2 Å². The van der Waals surface area contributed by atoms with Gasteiger partial charge in [0.1, 0.15) is 5.82 Å². The number of nitrogens with zero attached hydrogens (tertiary/aromatic N) is 4. The third kappa shape index (κ3) is 6.03. The lowest BCUT2D eigenvalue weighted by molar-refractivity contribution is -0.138. The van der Waals surface area contributed by atoms with Crippen LogP contribution in [-0.2, 0) is 16.0 Å². The first-order chi connectivity index (χ1) is 16.0. The van der Waals surface area contributed by atoms with Crippen LogP contribution in [0.5, 0.6) is 0 Å². The van der Waals surface area contributed by atoms with Crippen molar-refractivity contribution in [1.82, 2.24) is 14.8 Å². The zero-order chi connectivity index (χ0) is 23.2. The maximum Gasteiger partial charge on any atom is 0.238 e. The van der Waals surface area contributed by atoms with Crippen LogP contribution in [0.2, 0.25) is 5.02 Å². The van der Waals surface area contributed by atoms with E-state index in [4.69, 9.17) is 11.6 Å². The molecule has 8 heteroatoms. The molecule has 0 spiro atoms. The molecule has 176 valence electrons. The second-order valence-corrected chi connectivity index (χ2v) is 9.19. The number of rotatable bonds is 6. The summed E-state index contributed by atoms with van der Waals surface area (Å²) in [5.74, 6) is 1.23. The fraction of sp³-hybridized carbons (Fsp3) is 0.480. The summed E-state index contributed by atoms with van der Waals surface area (Å²) in [5.41, 5.74) is 2.03. The normalized spacial score (nSPS) is 17.8. The lowest BCUT2D eigenvalue weighted by atomic mass is 9.95. The first-order valence-corrected chi connectivity index (χ1v) is 12.2. The third-order valence-corrected chi connectivity index (χ3v) is 6.83. The van der Waals surface area contributed by atoms with Gasteiger partial charge < -0.3 is 15.1 Å². The fourth-order valence-corrected chi connectivity index (χ4v) is 4.75.